The van der Waals surface area contributed by atoms with Gasteiger partial charge in [-0.1, -0.05) is 30.3 Å². The van der Waals surface area contributed by atoms with Crippen LogP contribution in [0, 0.1) is 0 Å². The number of carboxylic acids is 1. The van der Waals surface area contributed by atoms with E-state index in [9.17, 15) is 4.79 Å². The SMILES string of the molecule is O=C(O)CNC[C@H]1CCCN1Cc1ccccc1. The van der Waals surface area contributed by atoms with Gasteiger partial charge in [-0.15, -0.1) is 0 Å². The summed E-state index contributed by atoms with van der Waals surface area (Å²) in [6.45, 7) is 2.88. The fourth-order valence-corrected chi connectivity index (χ4v) is 2.50. The Hall–Kier alpha value is -1.39. The molecule has 18 heavy (non-hydrogen) atoms. The Balaban J connectivity index is 1.82. The van der Waals surface area contributed by atoms with Crippen molar-refractivity contribution in [2.24, 2.45) is 0 Å². The predicted molar refractivity (Wildman–Crippen MR) is 70.4 cm³/mol. The van der Waals surface area contributed by atoms with E-state index in [0.29, 0.717) is 6.04 Å². The van der Waals surface area contributed by atoms with E-state index < -0.39 is 5.97 Å². The highest BCUT2D eigenvalue weighted by molar-refractivity contribution is 5.68. The number of carboxylic acid groups (broad SMARTS) is 1. The van der Waals surface area contributed by atoms with Gasteiger partial charge < -0.3 is 10.4 Å². The minimum absolute atomic E-state index is 0.0513. The second-order valence-corrected chi connectivity index (χ2v) is 4.78. The number of carbonyl (C=O) groups is 1. The molecular formula is C14H20N2O2. The van der Waals surface area contributed by atoms with Crippen LogP contribution in [0.4, 0.5) is 0 Å². The molecule has 1 aromatic rings. The molecule has 0 amide bonds. The van der Waals surface area contributed by atoms with Crippen molar-refractivity contribution in [2.45, 2.75) is 25.4 Å². The van der Waals surface area contributed by atoms with Crippen LogP contribution in [-0.4, -0.2) is 41.7 Å². The molecule has 2 rings (SSSR count). The van der Waals surface area contributed by atoms with Crippen molar-refractivity contribution in [3.63, 3.8) is 0 Å². The lowest BCUT2D eigenvalue weighted by Gasteiger charge is -2.24. The van der Waals surface area contributed by atoms with Gasteiger partial charge in [-0.2, -0.15) is 0 Å². The second-order valence-electron chi connectivity index (χ2n) is 4.78. The summed E-state index contributed by atoms with van der Waals surface area (Å²) in [7, 11) is 0. The van der Waals surface area contributed by atoms with Crippen LogP contribution in [0.3, 0.4) is 0 Å². The van der Waals surface area contributed by atoms with Gasteiger partial charge in [0, 0.05) is 19.1 Å². The topological polar surface area (TPSA) is 52.6 Å². The van der Waals surface area contributed by atoms with Crippen LogP contribution in [0.5, 0.6) is 0 Å². The van der Waals surface area contributed by atoms with Gasteiger partial charge in [-0.3, -0.25) is 9.69 Å². The average Bonchev–Trinajstić information content (AvgIpc) is 2.78. The van der Waals surface area contributed by atoms with E-state index in [1.54, 1.807) is 0 Å². The van der Waals surface area contributed by atoms with E-state index in [2.05, 4.69) is 34.5 Å². The Labute approximate surface area is 108 Å². The summed E-state index contributed by atoms with van der Waals surface area (Å²) < 4.78 is 0. The molecule has 1 atom stereocenters. The van der Waals surface area contributed by atoms with Crippen molar-refractivity contribution in [3.8, 4) is 0 Å². The van der Waals surface area contributed by atoms with Crippen molar-refractivity contribution in [1.29, 1.82) is 0 Å². The minimum atomic E-state index is -0.789. The van der Waals surface area contributed by atoms with Crippen LogP contribution < -0.4 is 5.32 Å². The van der Waals surface area contributed by atoms with E-state index >= 15 is 0 Å². The highest BCUT2D eigenvalue weighted by atomic mass is 16.4. The predicted octanol–water partition coefficient (Wildman–Crippen LogP) is 1.33. The van der Waals surface area contributed by atoms with Crippen molar-refractivity contribution >= 4 is 5.97 Å². The van der Waals surface area contributed by atoms with Crippen LogP contribution in [-0.2, 0) is 11.3 Å². The Morgan fingerprint density at radius 1 is 1.39 bits per heavy atom. The molecule has 4 nitrogen and oxygen atoms in total. The third-order valence-corrected chi connectivity index (χ3v) is 3.38. The van der Waals surface area contributed by atoms with Gasteiger partial charge in [-0.25, -0.2) is 0 Å². The van der Waals surface area contributed by atoms with Gasteiger partial charge >= 0.3 is 5.97 Å². The fourth-order valence-electron chi connectivity index (χ4n) is 2.50. The van der Waals surface area contributed by atoms with E-state index in [1.165, 1.54) is 12.0 Å². The average molecular weight is 248 g/mol. The maximum absolute atomic E-state index is 10.5. The van der Waals surface area contributed by atoms with Crippen molar-refractivity contribution in [1.82, 2.24) is 10.2 Å². The summed E-state index contributed by atoms with van der Waals surface area (Å²) in [6.07, 6.45) is 2.35. The maximum atomic E-state index is 10.5. The molecule has 0 radical (unpaired) electrons. The molecule has 0 spiro atoms. The fraction of sp³-hybridized carbons (Fsp3) is 0.500. The molecule has 1 aliphatic rings. The lowest BCUT2D eigenvalue weighted by Crippen LogP contribution is -2.39. The molecule has 0 unspecified atom stereocenters. The molecule has 1 aliphatic heterocycles. The second kappa shape index (κ2) is 6.52. The lowest BCUT2D eigenvalue weighted by atomic mass is 10.2. The highest BCUT2D eigenvalue weighted by Gasteiger charge is 2.23. The molecule has 1 heterocycles. The summed E-state index contributed by atoms with van der Waals surface area (Å²) >= 11 is 0. The van der Waals surface area contributed by atoms with Crippen LogP contribution >= 0.6 is 0 Å². The van der Waals surface area contributed by atoms with Crippen LogP contribution in [0.2, 0.25) is 0 Å². The maximum Gasteiger partial charge on any atom is 0.317 e. The zero-order valence-corrected chi connectivity index (χ0v) is 10.5. The Bertz CT molecular complexity index is 381. The molecule has 1 fully saturated rings. The number of likely N-dealkylation sites (tertiary alicyclic amines) is 1. The van der Waals surface area contributed by atoms with Crippen molar-refractivity contribution in [3.05, 3.63) is 35.9 Å². The van der Waals surface area contributed by atoms with Crippen LogP contribution in [0.25, 0.3) is 0 Å². The number of hydrogen-bond donors (Lipinski definition) is 2. The number of nitrogens with zero attached hydrogens (tertiary/aromatic N) is 1. The number of aliphatic carboxylic acids is 1. The first-order valence-electron chi connectivity index (χ1n) is 6.46. The standard InChI is InChI=1S/C14H20N2O2/c17-14(18)10-15-9-13-7-4-8-16(13)11-12-5-2-1-3-6-12/h1-3,5-6,13,15H,4,7-11H2,(H,17,18)/t13-/m1/s1. The molecule has 4 heteroatoms. The van der Waals surface area contributed by atoms with Crippen LogP contribution in [0.1, 0.15) is 18.4 Å². The van der Waals surface area contributed by atoms with Gasteiger partial charge in [0.1, 0.15) is 0 Å². The quantitative estimate of drug-likeness (QED) is 0.797. The summed E-state index contributed by atoms with van der Waals surface area (Å²) in [4.78, 5) is 12.9. The first kappa shape index (κ1) is 13.1. The monoisotopic (exact) mass is 248 g/mol. The number of rotatable bonds is 6. The molecule has 0 aliphatic carbocycles. The molecule has 0 aromatic heterocycles. The van der Waals surface area contributed by atoms with Crippen molar-refractivity contribution in [2.75, 3.05) is 19.6 Å². The molecular weight excluding hydrogens is 228 g/mol. The summed E-state index contributed by atoms with van der Waals surface area (Å²) in [5.74, 6) is -0.789. The van der Waals surface area contributed by atoms with Gasteiger partial charge in [-0.05, 0) is 24.9 Å². The normalized spacial score (nSPS) is 20.1. The van der Waals surface area contributed by atoms with Gasteiger partial charge in [0.2, 0.25) is 0 Å². The third kappa shape index (κ3) is 3.82. The molecule has 98 valence electrons. The molecule has 0 saturated carbocycles. The summed E-state index contributed by atoms with van der Waals surface area (Å²) in [5, 5.41) is 11.6. The van der Waals surface area contributed by atoms with Crippen molar-refractivity contribution < 1.29 is 9.90 Å². The van der Waals surface area contributed by atoms with E-state index in [-0.39, 0.29) is 6.54 Å². The number of hydrogen-bond acceptors (Lipinski definition) is 3. The van der Waals surface area contributed by atoms with E-state index in [4.69, 9.17) is 5.11 Å². The highest BCUT2D eigenvalue weighted by Crippen LogP contribution is 2.19. The smallest absolute Gasteiger partial charge is 0.317 e. The number of benzene rings is 1. The lowest BCUT2D eigenvalue weighted by molar-refractivity contribution is -0.136. The van der Waals surface area contributed by atoms with Gasteiger partial charge in [0.25, 0.3) is 0 Å². The molecule has 1 saturated heterocycles. The van der Waals surface area contributed by atoms with Gasteiger partial charge in [0.05, 0.1) is 6.54 Å². The van der Waals surface area contributed by atoms with E-state index in [0.717, 1.165) is 26.1 Å². The zero-order valence-electron chi connectivity index (χ0n) is 10.5. The summed E-state index contributed by atoms with van der Waals surface area (Å²) in [6, 6.07) is 10.9. The Morgan fingerprint density at radius 2 is 2.17 bits per heavy atom. The first-order chi connectivity index (χ1) is 8.75. The van der Waals surface area contributed by atoms with E-state index in [1.807, 2.05) is 6.07 Å². The molecule has 2 N–H and O–H groups in total. The molecule has 1 aromatic carbocycles. The van der Waals surface area contributed by atoms with Gasteiger partial charge in [0.15, 0.2) is 0 Å². The zero-order chi connectivity index (χ0) is 12.8. The Kier molecular flexibility index (Phi) is 4.73. The third-order valence-electron chi connectivity index (χ3n) is 3.38. The number of nitrogens with one attached hydrogen (secondary N) is 1. The summed E-state index contributed by atoms with van der Waals surface area (Å²) in [5.41, 5.74) is 1.32. The Morgan fingerprint density at radius 3 is 2.89 bits per heavy atom. The first-order valence-corrected chi connectivity index (χ1v) is 6.46. The minimum Gasteiger partial charge on any atom is -0.480 e. The molecule has 0 bridgehead atoms. The van der Waals surface area contributed by atoms with Crippen LogP contribution in [0.15, 0.2) is 30.3 Å². The largest absolute Gasteiger partial charge is 0.480 e.